The Labute approximate surface area is 119 Å². The highest BCUT2D eigenvalue weighted by atomic mass is 19.3. The molecule has 1 aliphatic heterocycles. The lowest BCUT2D eigenvalue weighted by Gasteiger charge is -2.28. The van der Waals surface area contributed by atoms with Crippen molar-refractivity contribution in [3.63, 3.8) is 0 Å². The fraction of sp³-hybridized carbons (Fsp3) is 0.133. The molecule has 108 valence electrons. The van der Waals surface area contributed by atoms with Gasteiger partial charge in [0, 0.05) is 5.69 Å². The number of carbonyl (C=O) groups is 1. The summed E-state index contributed by atoms with van der Waals surface area (Å²) in [4.78, 5) is 12.0. The normalized spacial score (nSPS) is 16.9. The number of halogens is 2. The van der Waals surface area contributed by atoms with E-state index in [0.29, 0.717) is 5.56 Å². The molecule has 3 rings (SSSR count). The van der Waals surface area contributed by atoms with E-state index in [4.69, 9.17) is 0 Å². The van der Waals surface area contributed by atoms with Gasteiger partial charge in [0.15, 0.2) is 0 Å². The summed E-state index contributed by atoms with van der Waals surface area (Å²) >= 11 is 0. The van der Waals surface area contributed by atoms with Gasteiger partial charge in [0.05, 0.1) is 5.56 Å². The Kier molecular flexibility index (Phi) is 3.43. The fourth-order valence-electron chi connectivity index (χ4n) is 2.22. The first-order chi connectivity index (χ1) is 10.1. The molecule has 21 heavy (non-hydrogen) atoms. The highest BCUT2D eigenvalue weighted by Crippen LogP contribution is 2.27. The van der Waals surface area contributed by atoms with Crippen molar-refractivity contribution in [1.82, 2.24) is 5.32 Å². The standard InChI is InChI=1S/C15H12F2N2O2/c16-15(17)21-10-7-5-9(6-8-10)13-18-12-4-2-1-3-11(12)14(20)19-13/h1-8,13,15,18H,(H,19,20). The number of benzene rings is 2. The van der Waals surface area contributed by atoms with Crippen LogP contribution in [0, 0.1) is 0 Å². The number of anilines is 1. The van der Waals surface area contributed by atoms with E-state index in [-0.39, 0.29) is 11.7 Å². The average Bonchev–Trinajstić information content (AvgIpc) is 2.47. The Bertz CT molecular complexity index is 659. The average molecular weight is 290 g/mol. The van der Waals surface area contributed by atoms with E-state index in [1.54, 1.807) is 24.3 Å². The third-order valence-corrected chi connectivity index (χ3v) is 3.19. The van der Waals surface area contributed by atoms with Gasteiger partial charge in [-0.2, -0.15) is 8.78 Å². The summed E-state index contributed by atoms with van der Waals surface area (Å²) in [5, 5.41) is 5.99. The highest BCUT2D eigenvalue weighted by Gasteiger charge is 2.23. The lowest BCUT2D eigenvalue weighted by atomic mass is 10.1. The second-order valence-electron chi connectivity index (χ2n) is 4.54. The van der Waals surface area contributed by atoms with Gasteiger partial charge in [-0.25, -0.2) is 0 Å². The lowest BCUT2D eigenvalue weighted by Crippen LogP contribution is -2.38. The number of nitrogens with one attached hydrogen (secondary N) is 2. The van der Waals surface area contributed by atoms with Gasteiger partial charge in [-0.3, -0.25) is 4.79 Å². The van der Waals surface area contributed by atoms with Crippen LogP contribution in [0.4, 0.5) is 14.5 Å². The molecule has 0 fully saturated rings. The number of hydrogen-bond donors (Lipinski definition) is 2. The van der Waals surface area contributed by atoms with Crippen LogP contribution in [0.5, 0.6) is 5.75 Å². The van der Waals surface area contributed by atoms with Crippen LogP contribution in [0.3, 0.4) is 0 Å². The fourth-order valence-corrected chi connectivity index (χ4v) is 2.22. The Balaban J connectivity index is 1.81. The van der Waals surface area contributed by atoms with Gasteiger partial charge >= 0.3 is 6.61 Å². The molecule has 1 aliphatic rings. The largest absolute Gasteiger partial charge is 0.435 e. The molecule has 0 bridgehead atoms. The molecule has 2 N–H and O–H groups in total. The predicted octanol–water partition coefficient (Wildman–Crippen LogP) is 3.14. The summed E-state index contributed by atoms with van der Waals surface area (Å²) in [5.74, 6) is -0.0986. The van der Waals surface area contributed by atoms with Crippen molar-refractivity contribution in [2.75, 3.05) is 5.32 Å². The number of amides is 1. The van der Waals surface area contributed by atoms with Gasteiger partial charge in [-0.1, -0.05) is 24.3 Å². The minimum atomic E-state index is -2.85. The molecule has 6 heteroatoms. The van der Waals surface area contributed by atoms with Gasteiger partial charge in [0.1, 0.15) is 11.9 Å². The van der Waals surface area contributed by atoms with Crippen molar-refractivity contribution < 1.29 is 18.3 Å². The van der Waals surface area contributed by atoms with Crippen molar-refractivity contribution in [2.24, 2.45) is 0 Å². The van der Waals surface area contributed by atoms with Crippen molar-refractivity contribution in [3.8, 4) is 5.75 Å². The van der Waals surface area contributed by atoms with Crippen molar-refractivity contribution >= 4 is 11.6 Å². The maximum Gasteiger partial charge on any atom is 0.387 e. The summed E-state index contributed by atoms with van der Waals surface area (Å²) in [6.07, 6.45) is -0.409. The lowest BCUT2D eigenvalue weighted by molar-refractivity contribution is -0.0498. The van der Waals surface area contributed by atoms with Gasteiger partial charge in [-0.15, -0.1) is 0 Å². The number of hydrogen-bond acceptors (Lipinski definition) is 3. The topological polar surface area (TPSA) is 50.4 Å². The van der Waals surface area contributed by atoms with E-state index in [1.165, 1.54) is 12.1 Å². The first kappa shape index (κ1) is 13.4. The van der Waals surface area contributed by atoms with Crippen LogP contribution in [0.25, 0.3) is 0 Å². The first-order valence-electron chi connectivity index (χ1n) is 6.35. The maximum atomic E-state index is 12.1. The van der Waals surface area contributed by atoms with Crippen LogP contribution in [0.2, 0.25) is 0 Å². The highest BCUT2D eigenvalue weighted by molar-refractivity contribution is 6.01. The third kappa shape index (κ3) is 2.79. The van der Waals surface area contributed by atoms with Crippen molar-refractivity contribution in [2.45, 2.75) is 12.8 Å². The van der Waals surface area contributed by atoms with Gasteiger partial charge in [-0.05, 0) is 29.8 Å². The quantitative estimate of drug-likeness (QED) is 0.913. The molecule has 0 radical (unpaired) electrons. The zero-order chi connectivity index (χ0) is 14.8. The molecule has 1 amide bonds. The molecule has 0 saturated heterocycles. The number of fused-ring (bicyclic) bond motifs is 1. The smallest absolute Gasteiger partial charge is 0.387 e. The summed E-state index contributed by atoms with van der Waals surface area (Å²) in [6.45, 7) is -2.85. The molecular weight excluding hydrogens is 278 g/mol. The van der Waals surface area contributed by atoms with E-state index in [9.17, 15) is 13.6 Å². The number of para-hydroxylation sites is 1. The molecule has 0 aliphatic carbocycles. The Morgan fingerprint density at radius 3 is 2.43 bits per heavy atom. The second kappa shape index (κ2) is 5.40. The summed E-state index contributed by atoms with van der Waals surface area (Å²) in [6, 6.07) is 13.3. The van der Waals surface area contributed by atoms with Crippen LogP contribution < -0.4 is 15.4 Å². The summed E-state index contributed by atoms with van der Waals surface area (Å²) in [5.41, 5.74) is 2.06. The van der Waals surface area contributed by atoms with E-state index < -0.39 is 12.8 Å². The van der Waals surface area contributed by atoms with Gasteiger partial charge in [0.25, 0.3) is 5.91 Å². The van der Waals surface area contributed by atoms with E-state index in [0.717, 1.165) is 11.3 Å². The number of ether oxygens (including phenoxy) is 1. The number of alkyl halides is 2. The van der Waals surface area contributed by atoms with E-state index in [2.05, 4.69) is 15.4 Å². The molecule has 0 saturated carbocycles. The molecule has 4 nitrogen and oxygen atoms in total. The van der Waals surface area contributed by atoms with Crippen molar-refractivity contribution in [3.05, 3.63) is 59.7 Å². The molecule has 2 aromatic carbocycles. The molecule has 1 unspecified atom stereocenters. The third-order valence-electron chi connectivity index (χ3n) is 3.19. The zero-order valence-electron chi connectivity index (χ0n) is 10.8. The monoisotopic (exact) mass is 290 g/mol. The Hall–Kier alpha value is -2.63. The zero-order valence-corrected chi connectivity index (χ0v) is 10.8. The van der Waals surface area contributed by atoms with Crippen LogP contribution in [-0.2, 0) is 0 Å². The SMILES string of the molecule is O=C1NC(c2ccc(OC(F)F)cc2)Nc2ccccc21. The van der Waals surface area contributed by atoms with E-state index in [1.807, 2.05) is 12.1 Å². The number of rotatable bonds is 3. The minimum absolute atomic E-state index is 0.0799. The van der Waals surface area contributed by atoms with Crippen LogP contribution >= 0.6 is 0 Å². The minimum Gasteiger partial charge on any atom is -0.435 e. The maximum absolute atomic E-state index is 12.1. The number of carbonyl (C=O) groups excluding carboxylic acids is 1. The Morgan fingerprint density at radius 2 is 1.71 bits per heavy atom. The Morgan fingerprint density at radius 1 is 1.00 bits per heavy atom. The molecule has 2 aromatic rings. The van der Waals surface area contributed by atoms with Crippen LogP contribution in [0.15, 0.2) is 48.5 Å². The van der Waals surface area contributed by atoms with Crippen LogP contribution in [-0.4, -0.2) is 12.5 Å². The molecule has 1 atom stereocenters. The molecule has 0 spiro atoms. The molecule has 0 aromatic heterocycles. The van der Waals surface area contributed by atoms with Gasteiger partial charge in [0.2, 0.25) is 0 Å². The molecular formula is C15H12F2N2O2. The summed E-state index contributed by atoms with van der Waals surface area (Å²) in [7, 11) is 0. The first-order valence-corrected chi connectivity index (χ1v) is 6.35. The molecule has 1 heterocycles. The predicted molar refractivity (Wildman–Crippen MR) is 73.3 cm³/mol. The van der Waals surface area contributed by atoms with E-state index >= 15 is 0 Å². The van der Waals surface area contributed by atoms with Gasteiger partial charge < -0.3 is 15.4 Å². The van der Waals surface area contributed by atoms with Crippen LogP contribution in [0.1, 0.15) is 22.1 Å². The van der Waals surface area contributed by atoms with Crippen molar-refractivity contribution in [1.29, 1.82) is 0 Å². The summed E-state index contributed by atoms with van der Waals surface area (Å²) < 4.78 is 28.5. The second-order valence-corrected chi connectivity index (χ2v) is 4.54.